The molecule has 1 amide bonds. The zero-order valence-corrected chi connectivity index (χ0v) is 25.4. The van der Waals surface area contributed by atoms with E-state index in [4.69, 9.17) is 23.2 Å². The fourth-order valence-electron chi connectivity index (χ4n) is 5.88. The molecule has 0 radical (unpaired) electrons. The molecule has 0 spiro atoms. The molecule has 41 heavy (non-hydrogen) atoms. The maximum Gasteiger partial charge on any atom is 0.253 e. The Hall–Kier alpha value is -2.83. The fraction of sp³-hybridized carbons (Fsp3) is 0.382. The summed E-state index contributed by atoms with van der Waals surface area (Å²) in [6.07, 6.45) is 6.35. The number of rotatable bonds is 11. The highest BCUT2D eigenvalue weighted by molar-refractivity contribution is 6.42. The van der Waals surface area contributed by atoms with Crippen LogP contribution < -0.4 is 5.32 Å². The molecule has 1 aromatic heterocycles. The lowest BCUT2D eigenvalue weighted by molar-refractivity contribution is 0.0952. The molecule has 1 N–H and O–H groups in total. The molecule has 1 aliphatic rings. The third-order valence-corrected chi connectivity index (χ3v) is 8.90. The third kappa shape index (κ3) is 7.72. The van der Waals surface area contributed by atoms with Crippen LogP contribution in [0.15, 0.2) is 72.9 Å². The molecule has 0 aliphatic carbocycles. The van der Waals surface area contributed by atoms with Gasteiger partial charge in [0.15, 0.2) is 0 Å². The van der Waals surface area contributed by atoms with E-state index < -0.39 is 0 Å². The van der Waals surface area contributed by atoms with Gasteiger partial charge in [-0.1, -0.05) is 84.7 Å². The predicted molar refractivity (Wildman–Crippen MR) is 171 cm³/mol. The first kappa shape index (κ1) is 29.7. The smallest absolute Gasteiger partial charge is 0.253 e. The minimum Gasteiger partial charge on any atom is -0.348 e. The van der Waals surface area contributed by atoms with Gasteiger partial charge in [-0.15, -0.1) is 0 Å². The number of para-hydroxylation sites is 1. The van der Waals surface area contributed by atoms with Crippen molar-refractivity contribution in [1.82, 2.24) is 19.7 Å². The molecule has 5 rings (SSSR count). The second-order valence-corrected chi connectivity index (χ2v) is 11.8. The number of carbonyl (C=O) groups is 1. The van der Waals surface area contributed by atoms with Gasteiger partial charge in [-0.05, 0) is 74.1 Å². The largest absolute Gasteiger partial charge is 0.348 e. The number of amides is 1. The number of nitrogens with one attached hydrogen (secondary N) is 1. The van der Waals surface area contributed by atoms with E-state index in [9.17, 15) is 4.79 Å². The van der Waals surface area contributed by atoms with Crippen molar-refractivity contribution in [2.75, 3.05) is 39.3 Å². The van der Waals surface area contributed by atoms with E-state index in [1.165, 1.54) is 29.6 Å². The van der Waals surface area contributed by atoms with Gasteiger partial charge >= 0.3 is 0 Å². The van der Waals surface area contributed by atoms with Gasteiger partial charge in [0.05, 0.1) is 21.1 Å². The van der Waals surface area contributed by atoms with Crippen molar-refractivity contribution in [2.24, 2.45) is 0 Å². The highest BCUT2D eigenvalue weighted by Crippen LogP contribution is 2.27. The molecule has 2 heterocycles. The van der Waals surface area contributed by atoms with Crippen LogP contribution in [0.1, 0.15) is 46.8 Å². The second kappa shape index (κ2) is 14.4. The van der Waals surface area contributed by atoms with E-state index in [-0.39, 0.29) is 5.91 Å². The van der Waals surface area contributed by atoms with Crippen molar-refractivity contribution in [1.29, 1.82) is 0 Å². The number of benzene rings is 3. The summed E-state index contributed by atoms with van der Waals surface area (Å²) in [6, 6.07) is 22.5. The standard InChI is InChI=1S/C34H40Cl2N4O/c1-2-28-11-6-12-29-30(34(41)37-24-27-13-14-31(35)32(36)23-27)25-40(33(28)29)19-8-18-38-16-7-17-39(22-21-38)20-15-26-9-4-3-5-10-26/h3-6,9-14,23,25H,2,7-8,15-22,24H2,1H3,(H,37,41). The first-order valence-electron chi connectivity index (χ1n) is 14.8. The lowest BCUT2D eigenvalue weighted by atomic mass is 10.1. The Bertz CT molecular complexity index is 1450. The van der Waals surface area contributed by atoms with E-state index in [1.807, 2.05) is 12.3 Å². The number of hydrogen-bond donors (Lipinski definition) is 1. The average molecular weight is 592 g/mol. The van der Waals surface area contributed by atoms with Gasteiger partial charge in [0, 0.05) is 44.3 Å². The van der Waals surface area contributed by atoms with Crippen molar-refractivity contribution in [3.05, 3.63) is 105 Å². The van der Waals surface area contributed by atoms with Crippen molar-refractivity contribution < 1.29 is 4.79 Å². The molecule has 1 aliphatic heterocycles. The van der Waals surface area contributed by atoms with E-state index in [0.29, 0.717) is 16.6 Å². The summed E-state index contributed by atoms with van der Waals surface area (Å²) < 4.78 is 2.30. The molecule has 0 bridgehead atoms. The third-order valence-electron chi connectivity index (χ3n) is 8.16. The van der Waals surface area contributed by atoms with E-state index in [1.54, 1.807) is 12.1 Å². The minimum atomic E-state index is -0.0730. The van der Waals surface area contributed by atoms with Crippen LogP contribution in [0.3, 0.4) is 0 Å². The van der Waals surface area contributed by atoms with Crippen molar-refractivity contribution >= 4 is 40.0 Å². The van der Waals surface area contributed by atoms with Gasteiger partial charge in [-0.3, -0.25) is 4.79 Å². The van der Waals surface area contributed by atoms with Gasteiger partial charge in [0.25, 0.3) is 5.91 Å². The number of nitrogens with zero attached hydrogens (tertiary/aromatic N) is 3. The van der Waals surface area contributed by atoms with Crippen LogP contribution in [0.25, 0.3) is 10.9 Å². The lowest BCUT2D eigenvalue weighted by Gasteiger charge is -2.22. The Morgan fingerprint density at radius 2 is 1.61 bits per heavy atom. The minimum absolute atomic E-state index is 0.0730. The quantitative estimate of drug-likeness (QED) is 0.203. The highest BCUT2D eigenvalue weighted by Gasteiger charge is 2.18. The van der Waals surface area contributed by atoms with E-state index in [2.05, 4.69) is 75.1 Å². The van der Waals surface area contributed by atoms with Gasteiger partial charge in [-0.2, -0.15) is 0 Å². The molecule has 0 saturated carbocycles. The Morgan fingerprint density at radius 3 is 2.37 bits per heavy atom. The van der Waals surface area contributed by atoms with E-state index in [0.717, 1.165) is 75.0 Å². The maximum absolute atomic E-state index is 13.3. The van der Waals surface area contributed by atoms with Crippen LogP contribution in [-0.2, 0) is 25.9 Å². The number of hydrogen-bond acceptors (Lipinski definition) is 3. The van der Waals surface area contributed by atoms with Crippen molar-refractivity contribution in [2.45, 2.75) is 45.7 Å². The molecule has 0 unspecified atom stereocenters. The summed E-state index contributed by atoms with van der Waals surface area (Å²) in [5.74, 6) is -0.0730. The zero-order valence-electron chi connectivity index (χ0n) is 23.9. The average Bonchev–Trinajstić information content (AvgIpc) is 3.22. The molecule has 5 nitrogen and oxygen atoms in total. The molecule has 216 valence electrons. The van der Waals surface area contributed by atoms with Crippen LogP contribution in [0, 0.1) is 0 Å². The Balaban J connectivity index is 1.19. The summed E-state index contributed by atoms with van der Waals surface area (Å²) in [6.45, 7) is 10.2. The normalized spacial score (nSPS) is 14.8. The number of fused-ring (bicyclic) bond motifs is 1. The second-order valence-electron chi connectivity index (χ2n) is 11.0. The van der Waals surface area contributed by atoms with Gasteiger partial charge < -0.3 is 19.7 Å². The Morgan fingerprint density at radius 1 is 0.829 bits per heavy atom. The van der Waals surface area contributed by atoms with Crippen LogP contribution in [-0.4, -0.2) is 59.5 Å². The molecule has 7 heteroatoms. The van der Waals surface area contributed by atoms with Crippen LogP contribution >= 0.6 is 23.2 Å². The van der Waals surface area contributed by atoms with Gasteiger partial charge in [0.1, 0.15) is 0 Å². The summed E-state index contributed by atoms with van der Waals surface area (Å²) in [4.78, 5) is 18.6. The topological polar surface area (TPSA) is 40.5 Å². The lowest BCUT2D eigenvalue weighted by Crippen LogP contribution is -2.32. The predicted octanol–water partition coefficient (Wildman–Crippen LogP) is 7.08. The van der Waals surface area contributed by atoms with Crippen LogP contribution in [0.2, 0.25) is 10.0 Å². The first-order valence-corrected chi connectivity index (χ1v) is 15.6. The maximum atomic E-state index is 13.3. The zero-order chi connectivity index (χ0) is 28.6. The summed E-state index contributed by atoms with van der Waals surface area (Å²) in [5, 5.41) is 5.10. The van der Waals surface area contributed by atoms with Gasteiger partial charge in [-0.25, -0.2) is 0 Å². The summed E-state index contributed by atoms with van der Waals surface area (Å²) in [7, 11) is 0. The number of carbonyl (C=O) groups excluding carboxylic acids is 1. The Kier molecular flexibility index (Phi) is 10.4. The summed E-state index contributed by atoms with van der Waals surface area (Å²) >= 11 is 12.2. The molecule has 1 fully saturated rings. The number of aromatic nitrogens is 1. The molecule has 4 aromatic rings. The Labute approximate surface area is 254 Å². The highest BCUT2D eigenvalue weighted by atomic mass is 35.5. The van der Waals surface area contributed by atoms with E-state index >= 15 is 0 Å². The monoisotopic (exact) mass is 590 g/mol. The molecular formula is C34H40Cl2N4O. The fourth-order valence-corrected chi connectivity index (χ4v) is 6.20. The molecule has 0 atom stereocenters. The van der Waals surface area contributed by atoms with Crippen molar-refractivity contribution in [3.8, 4) is 0 Å². The molecule has 3 aromatic carbocycles. The number of aryl methyl sites for hydroxylation is 2. The molecule has 1 saturated heterocycles. The number of halogens is 2. The SMILES string of the molecule is CCc1cccc2c(C(=O)NCc3ccc(Cl)c(Cl)c3)cn(CCCN3CCCN(CCc4ccccc4)CC3)c12. The van der Waals surface area contributed by atoms with Gasteiger partial charge in [0.2, 0.25) is 0 Å². The summed E-state index contributed by atoms with van der Waals surface area (Å²) in [5.41, 5.74) is 5.51. The first-order chi connectivity index (χ1) is 20.0. The van der Waals surface area contributed by atoms with Crippen LogP contribution in [0.5, 0.6) is 0 Å². The van der Waals surface area contributed by atoms with Crippen molar-refractivity contribution in [3.63, 3.8) is 0 Å². The van der Waals surface area contributed by atoms with Crippen LogP contribution in [0.4, 0.5) is 0 Å². The molecular weight excluding hydrogens is 551 g/mol.